The highest BCUT2D eigenvalue weighted by Crippen LogP contribution is 2.18. The van der Waals surface area contributed by atoms with Crippen LogP contribution >= 0.6 is 15.9 Å². The van der Waals surface area contributed by atoms with Crippen molar-refractivity contribution in [2.75, 3.05) is 0 Å². The molecule has 5 heteroatoms. The van der Waals surface area contributed by atoms with Crippen LogP contribution in [-0.2, 0) is 6.54 Å². The molecule has 2 rings (SSSR count). The van der Waals surface area contributed by atoms with E-state index in [4.69, 9.17) is 4.42 Å². The molecule has 0 spiro atoms. The fourth-order valence-electron chi connectivity index (χ4n) is 1.47. The number of benzene rings is 1. The number of oxazole rings is 1. The van der Waals surface area contributed by atoms with Crippen LogP contribution in [0.5, 0.6) is 0 Å². The monoisotopic (exact) mass is 271 g/mol. The van der Waals surface area contributed by atoms with E-state index in [1.54, 1.807) is 25.1 Å². The van der Waals surface area contributed by atoms with Crippen LogP contribution in [0.15, 0.2) is 31.9 Å². The number of nitrogens with zero attached hydrogens (tertiary/aromatic N) is 1. The van der Waals surface area contributed by atoms with Crippen LogP contribution in [0.25, 0.3) is 11.1 Å². The van der Waals surface area contributed by atoms with Gasteiger partial charge in [-0.3, -0.25) is 4.57 Å². The summed E-state index contributed by atoms with van der Waals surface area (Å²) >= 11 is 3.32. The summed E-state index contributed by atoms with van der Waals surface area (Å²) in [7, 11) is 0. The van der Waals surface area contributed by atoms with E-state index in [0.29, 0.717) is 11.1 Å². The molecule has 15 heavy (non-hydrogen) atoms. The first-order chi connectivity index (χ1) is 7.08. The van der Waals surface area contributed by atoms with Gasteiger partial charge in [0.25, 0.3) is 0 Å². The molecule has 1 aromatic heterocycles. The molecule has 0 unspecified atom stereocenters. The molecule has 1 N–H and O–H groups in total. The second kappa shape index (κ2) is 3.83. The van der Waals surface area contributed by atoms with E-state index in [9.17, 15) is 9.90 Å². The average molecular weight is 272 g/mol. The molecule has 1 aromatic carbocycles. The summed E-state index contributed by atoms with van der Waals surface area (Å²) in [5.74, 6) is -0.441. The van der Waals surface area contributed by atoms with E-state index in [2.05, 4.69) is 15.9 Å². The molecular formula is C10H10BrNO3. The Morgan fingerprint density at radius 1 is 1.60 bits per heavy atom. The molecule has 0 radical (unpaired) electrons. The van der Waals surface area contributed by atoms with Crippen molar-refractivity contribution in [3.63, 3.8) is 0 Å². The third-order valence-electron chi connectivity index (χ3n) is 2.08. The molecule has 2 aromatic rings. The first kappa shape index (κ1) is 10.4. The number of aliphatic hydroxyl groups is 1. The third kappa shape index (κ3) is 1.98. The van der Waals surface area contributed by atoms with Crippen LogP contribution < -0.4 is 5.76 Å². The van der Waals surface area contributed by atoms with Crippen molar-refractivity contribution in [2.24, 2.45) is 0 Å². The molecule has 1 heterocycles. The Morgan fingerprint density at radius 3 is 3.00 bits per heavy atom. The molecule has 0 saturated carbocycles. The van der Waals surface area contributed by atoms with Gasteiger partial charge in [0.05, 0.1) is 18.2 Å². The fourth-order valence-corrected chi connectivity index (χ4v) is 1.82. The van der Waals surface area contributed by atoms with E-state index < -0.39 is 11.9 Å². The summed E-state index contributed by atoms with van der Waals surface area (Å²) in [4.78, 5) is 11.5. The lowest BCUT2D eigenvalue weighted by Crippen LogP contribution is -2.21. The van der Waals surface area contributed by atoms with Crippen molar-refractivity contribution in [1.82, 2.24) is 4.57 Å². The number of hydrogen-bond acceptors (Lipinski definition) is 3. The van der Waals surface area contributed by atoms with Gasteiger partial charge in [-0.15, -0.1) is 0 Å². The minimum absolute atomic E-state index is 0.238. The smallest absolute Gasteiger partial charge is 0.408 e. The van der Waals surface area contributed by atoms with Gasteiger partial charge < -0.3 is 9.52 Å². The summed E-state index contributed by atoms with van der Waals surface area (Å²) in [6.45, 7) is 1.87. The van der Waals surface area contributed by atoms with Crippen molar-refractivity contribution >= 4 is 27.0 Å². The quantitative estimate of drug-likeness (QED) is 0.905. The van der Waals surface area contributed by atoms with E-state index in [0.717, 1.165) is 4.47 Å². The molecule has 0 saturated heterocycles. The van der Waals surface area contributed by atoms with E-state index >= 15 is 0 Å². The maximum Gasteiger partial charge on any atom is 0.420 e. The molecule has 4 nitrogen and oxygen atoms in total. The predicted octanol–water partition coefficient (Wildman–Crippen LogP) is 1.74. The van der Waals surface area contributed by atoms with Gasteiger partial charge in [-0.25, -0.2) is 4.79 Å². The molecule has 0 aliphatic heterocycles. The Bertz CT molecular complexity index is 541. The van der Waals surface area contributed by atoms with Crippen molar-refractivity contribution < 1.29 is 9.52 Å². The van der Waals surface area contributed by atoms with Crippen LogP contribution in [0.2, 0.25) is 0 Å². The molecule has 0 fully saturated rings. The summed E-state index contributed by atoms with van der Waals surface area (Å²) < 4.78 is 7.32. The Labute approximate surface area is 94.3 Å². The molecule has 0 bridgehead atoms. The number of halogens is 1. The number of aromatic nitrogens is 1. The van der Waals surface area contributed by atoms with Gasteiger partial charge in [-0.05, 0) is 25.1 Å². The number of fused-ring (bicyclic) bond motifs is 1. The molecule has 0 aliphatic rings. The zero-order valence-electron chi connectivity index (χ0n) is 8.11. The highest BCUT2D eigenvalue weighted by atomic mass is 79.9. The topological polar surface area (TPSA) is 55.4 Å². The van der Waals surface area contributed by atoms with Crippen LogP contribution in [-0.4, -0.2) is 15.8 Å². The first-order valence-electron chi connectivity index (χ1n) is 4.55. The third-order valence-corrected chi connectivity index (χ3v) is 2.57. The van der Waals surface area contributed by atoms with Gasteiger partial charge >= 0.3 is 5.76 Å². The SMILES string of the molecule is C[C@@H](O)Cn1c(=O)oc2ccc(Br)cc21. The number of rotatable bonds is 2. The average Bonchev–Trinajstić information content (AvgIpc) is 2.43. The fraction of sp³-hybridized carbons (Fsp3) is 0.300. The van der Waals surface area contributed by atoms with Crippen molar-refractivity contribution in [2.45, 2.75) is 19.6 Å². The Kier molecular flexibility index (Phi) is 2.67. The van der Waals surface area contributed by atoms with E-state index in [1.165, 1.54) is 4.57 Å². The predicted molar refractivity (Wildman–Crippen MR) is 59.9 cm³/mol. The highest BCUT2D eigenvalue weighted by molar-refractivity contribution is 9.10. The number of aliphatic hydroxyl groups excluding tert-OH is 1. The first-order valence-corrected chi connectivity index (χ1v) is 5.34. The van der Waals surface area contributed by atoms with Crippen molar-refractivity contribution in [3.05, 3.63) is 33.2 Å². The summed E-state index contributed by atoms with van der Waals surface area (Å²) in [6, 6.07) is 5.32. The van der Waals surface area contributed by atoms with Gasteiger partial charge in [-0.1, -0.05) is 15.9 Å². The minimum Gasteiger partial charge on any atom is -0.408 e. The van der Waals surface area contributed by atoms with Crippen LogP contribution in [0.4, 0.5) is 0 Å². The maximum absolute atomic E-state index is 11.5. The molecule has 0 amide bonds. The van der Waals surface area contributed by atoms with Gasteiger partial charge in [0.1, 0.15) is 0 Å². The van der Waals surface area contributed by atoms with Crippen molar-refractivity contribution in [1.29, 1.82) is 0 Å². The largest absolute Gasteiger partial charge is 0.420 e. The standard InChI is InChI=1S/C10H10BrNO3/c1-6(13)5-12-8-4-7(11)2-3-9(8)15-10(12)14/h2-4,6,13H,5H2,1H3/t6-/m1/s1. The van der Waals surface area contributed by atoms with E-state index in [-0.39, 0.29) is 6.54 Å². The Hall–Kier alpha value is -1.07. The van der Waals surface area contributed by atoms with Crippen LogP contribution in [0.1, 0.15) is 6.92 Å². The zero-order valence-corrected chi connectivity index (χ0v) is 9.69. The van der Waals surface area contributed by atoms with Gasteiger partial charge in [0.15, 0.2) is 5.58 Å². The van der Waals surface area contributed by atoms with Gasteiger partial charge in [-0.2, -0.15) is 0 Å². The van der Waals surface area contributed by atoms with Crippen molar-refractivity contribution in [3.8, 4) is 0 Å². The van der Waals surface area contributed by atoms with Crippen LogP contribution in [0, 0.1) is 0 Å². The Balaban J connectivity index is 2.65. The van der Waals surface area contributed by atoms with Crippen LogP contribution in [0.3, 0.4) is 0 Å². The van der Waals surface area contributed by atoms with Gasteiger partial charge in [0, 0.05) is 4.47 Å². The Morgan fingerprint density at radius 2 is 2.33 bits per heavy atom. The minimum atomic E-state index is -0.581. The molecule has 1 atom stereocenters. The second-order valence-corrected chi connectivity index (χ2v) is 4.36. The zero-order chi connectivity index (χ0) is 11.0. The highest BCUT2D eigenvalue weighted by Gasteiger charge is 2.10. The van der Waals surface area contributed by atoms with E-state index in [1.807, 2.05) is 0 Å². The lowest BCUT2D eigenvalue weighted by atomic mass is 10.3. The summed E-state index contributed by atoms with van der Waals surface area (Å²) in [5, 5.41) is 9.26. The summed E-state index contributed by atoms with van der Waals surface area (Å²) in [6.07, 6.45) is -0.581. The molecular weight excluding hydrogens is 262 g/mol. The van der Waals surface area contributed by atoms with Gasteiger partial charge in [0.2, 0.25) is 0 Å². The number of hydrogen-bond donors (Lipinski definition) is 1. The molecule has 0 aliphatic carbocycles. The lowest BCUT2D eigenvalue weighted by Gasteiger charge is -2.04. The molecule has 80 valence electrons. The second-order valence-electron chi connectivity index (χ2n) is 3.44. The maximum atomic E-state index is 11.5. The lowest BCUT2D eigenvalue weighted by molar-refractivity contribution is 0.171. The normalized spacial score (nSPS) is 13.3. The summed E-state index contributed by atoms with van der Waals surface area (Å²) in [5.41, 5.74) is 1.22.